The predicted octanol–water partition coefficient (Wildman–Crippen LogP) is 1.68. The lowest BCUT2D eigenvalue weighted by Gasteiger charge is -2.00. The maximum atomic E-state index is 10.8. The second-order valence-electron chi connectivity index (χ2n) is 2.40. The van der Waals surface area contributed by atoms with Crippen LogP contribution < -0.4 is 5.32 Å². The Morgan fingerprint density at radius 1 is 1.55 bits per heavy atom. The topological polar surface area (TPSA) is 29.1 Å². The average Bonchev–Trinajstić information content (AvgIpc) is 1.99. The zero-order valence-corrected chi connectivity index (χ0v) is 7.10. The summed E-state index contributed by atoms with van der Waals surface area (Å²) in [6.45, 7) is 6.34. The van der Waals surface area contributed by atoms with Crippen molar-refractivity contribution in [3.63, 3.8) is 0 Å². The molecule has 0 saturated carbocycles. The van der Waals surface area contributed by atoms with Gasteiger partial charge in [0, 0.05) is 6.54 Å². The summed E-state index contributed by atoms with van der Waals surface area (Å²) < 4.78 is 0. The van der Waals surface area contributed by atoms with Gasteiger partial charge in [0.15, 0.2) is 0 Å². The van der Waals surface area contributed by atoms with Crippen molar-refractivity contribution >= 4 is 5.91 Å². The molecule has 0 spiro atoms. The summed E-state index contributed by atoms with van der Waals surface area (Å²) in [5.41, 5.74) is 0. The molecule has 0 aromatic heterocycles. The summed E-state index contributed by atoms with van der Waals surface area (Å²) >= 11 is 0. The van der Waals surface area contributed by atoms with Crippen LogP contribution in [0.2, 0.25) is 0 Å². The third-order valence-electron chi connectivity index (χ3n) is 1.35. The highest BCUT2D eigenvalue weighted by atomic mass is 16.1. The number of unbranched alkanes of at least 4 members (excludes halogenated alkanes) is 2. The van der Waals surface area contributed by atoms with Crippen molar-refractivity contribution in [3.05, 3.63) is 19.1 Å². The van der Waals surface area contributed by atoms with Crippen LogP contribution >= 0.6 is 0 Å². The summed E-state index contributed by atoms with van der Waals surface area (Å²) in [5, 5.41) is 2.75. The van der Waals surface area contributed by atoms with Gasteiger partial charge in [-0.3, -0.25) is 4.79 Å². The Labute approximate surface area is 68.7 Å². The van der Waals surface area contributed by atoms with Crippen LogP contribution in [0.3, 0.4) is 0 Å². The zero-order chi connectivity index (χ0) is 8.53. The van der Waals surface area contributed by atoms with Gasteiger partial charge in [-0.25, -0.2) is 0 Å². The Balaban J connectivity index is 3.10. The maximum absolute atomic E-state index is 10.8. The first kappa shape index (κ1) is 10.2. The first-order valence-corrected chi connectivity index (χ1v) is 4.05. The molecule has 0 fully saturated rings. The SMILES string of the molecule is C=C[CH]C(=O)NCCCCC. The molecule has 0 aromatic rings. The lowest BCUT2D eigenvalue weighted by Crippen LogP contribution is -2.23. The molecule has 0 rings (SSSR count). The molecule has 1 radical (unpaired) electrons. The molecule has 1 N–H and O–H groups in total. The molecule has 0 aliphatic rings. The largest absolute Gasteiger partial charge is 0.356 e. The summed E-state index contributed by atoms with van der Waals surface area (Å²) in [7, 11) is 0. The van der Waals surface area contributed by atoms with Gasteiger partial charge in [-0.15, -0.1) is 6.58 Å². The standard InChI is InChI=1S/C9H16NO/c1-3-5-6-8-10-9(11)7-4-2/h4,7H,2-3,5-6,8H2,1H3,(H,10,11). The quantitative estimate of drug-likeness (QED) is 0.579. The third-order valence-corrected chi connectivity index (χ3v) is 1.35. The highest BCUT2D eigenvalue weighted by Gasteiger charge is 1.95. The van der Waals surface area contributed by atoms with Crippen LogP contribution in [0.15, 0.2) is 12.7 Å². The molecule has 63 valence electrons. The number of nitrogens with one attached hydrogen (secondary N) is 1. The fourth-order valence-corrected chi connectivity index (χ4v) is 0.753. The smallest absolute Gasteiger partial charge is 0.228 e. The van der Waals surface area contributed by atoms with Crippen molar-refractivity contribution < 1.29 is 4.79 Å². The van der Waals surface area contributed by atoms with Crippen LogP contribution in [0.5, 0.6) is 0 Å². The van der Waals surface area contributed by atoms with E-state index in [4.69, 9.17) is 0 Å². The fraction of sp³-hybridized carbons (Fsp3) is 0.556. The van der Waals surface area contributed by atoms with Crippen molar-refractivity contribution in [1.82, 2.24) is 5.32 Å². The molecule has 11 heavy (non-hydrogen) atoms. The van der Waals surface area contributed by atoms with Gasteiger partial charge in [0.25, 0.3) is 0 Å². The van der Waals surface area contributed by atoms with E-state index in [1.165, 1.54) is 25.3 Å². The van der Waals surface area contributed by atoms with E-state index in [0.29, 0.717) is 0 Å². The van der Waals surface area contributed by atoms with Crippen molar-refractivity contribution in [2.45, 2.75) is 26.2 Å². The van der Waals surface area contributed by atoms with Gasteiger partial charge in [-0.1, -0.05) is 25.8 Å². The van der Waals surface area contributed by atoms with Crippen LogP contribution in [0, 0.1) is 6.42 Å². The van der Waals surface area contributed by atoms with Crippen molar-refractivity contribution in [2.75, 3.05) is 6.54 Å². The van der Waals surface area contributed by atoms with Crippen LogP contribution in [-0.4, -0.2) is 12.5 Å². The van der Waals surface area contributed by atoms with Crippen molar-refractivity contribution in [2.24, 2.45) is 0 Å². The second-order valence-corrected chi connectivity index (χ2v) is 2.40. The molecule has 0 aromatic carbocycles. The van der Waals surface area contributed by atoms with E-state index >= 15 is 0 Å². The minimum Gasteiger partial charge on any atom is -0.356 e. The number of hydrogen-bond acceptors (Lipinski definition) is 1. The Morgan fingerprint density at radius 2 is 2.27 bits per heavy atom. The predicted molar refractivity (Wildman–Crippen MR) is 47.0 cm³/mol. The van der Waals surface area contributed by atoms with Crippen molar-refractivity contribution in [3.8, 4) is 0 Å². The van der Waals surface area contributed by atoms with Crippen LogP contribution in [0.1, 0.15) is 26.2 Å². The molecule has 0 unspecified atom stereocenters. The third kappa shape index (κ3) is 7.10. The van der Waals surface area contributed by atoms with Gasteiger partial charge < -0.3 is 5.32 Å². The second kappa shape index (κ2) is 7.32. The van der Waals surface area contributed by atoms with E-state index in [2.05, 4.69) is 18.8 Å². The van der Waals surface area contributed by atoms with E-state index in [1.54, 1.807) is 0 Å². The monoisotopic (exact) mass is 154 g/mol. The highest BCUT2D eigenvalue weighted by molar-refractivity contribution is 5.86. The van der Waals surface area contributed by atoms with Gasteiger partial charge in [-0.2, -0.15) is 0 Å². The molecule has 0 bridgehead atoms. The molecule has 1 amide bonds. The fourth-order valence-electron chi connectivity index (χ4n) is 0.753. The number of carbonyl (C=O) groups excluding carboxylic acids is 1. The normalized spacial score (nSPS) is 9.18. The first-order chi connectivity index (χ1) is 5.31. The van der Waals surface area contributed by atoms with Gasteiger partial charge in [-0.05, 0) is 6.42 Å². The molecule has 0 saturated heterocycles. The molecule has 2 heteroatoms. The molecular weight excluding hydrogens is 138 g/mol. The lowest BCUT2D eigenvalue weighted by molar-refractivity contribution is -0.117. The van der Waals surface area contributed by atoms with Crippen LogP contribution in [0.25, 0.3) is 0 Å². The minimum atomic E-state index is -0.0453. The molecule has 0 heterocycles. The lowest BCUT2D eigenvalue weighted by atomic mass is 10.2. The average molecular weight is 154 g/mol. The Bertz CT molecular complexity index is 121. The molecular formula is C9H16NO. The van der Waals surface area contributed by atoms with E-state index < -0.39 is 0 Å². The van der Waals surface area contributed by atoms with Gasteiger partial charge in [0.1, 0.15) is 0 Å². The number of amides is 1. The van der Waals surface area contributed by atoms with Crippen LogP contribution in [0.4, 0.5) is 0 Å². The van der Waals surface area contributed by atoms with Gasteiger partial charge in [0.05, 0.1) is 6.42 Å². The molecule has 0 atom stereocenters. The summed E-state index contributed by atoms with van der Waals surface area (Å²) in [4.78, 5) is 10.8. The maximum Gasteiger partial charge on any atom is 0.228 e. The van der Waals surface area contributed by atoms with E-state index in [-0.39, 0.29) is 5.91 Å². The summed E-state index contributed by atoms with van der Waals surface area (Å²) in [5.74, 6) is -0.0453. The van der Waals surface area contributed by atoms with Crippen molar-refractivity contribution in [1.29, 1.82) is 0 Å². The Morgan fingerprint density at radius 3 is 2.82 bits per heavy atom. The number of carbonyl (C=O) groups is 1. The highest BCUT2D eigenvalue weighted by Crippen LogP contribution is 1.91. The summed E-state index contributed by atoms with van der Waals surface area (Å²) in [6.07, 6.45) is 6.35. The first-order valence-electron chi connectivity index (χ1n) is 4.05. The van der Waals surface area contributed by atoms with Gasteiger partial charge >= 0.3 is 0 Å². The molecule has 0 aliphatic carbocycles. The zero-order valence-electron chi connectivity index (χ0n) is 7.10. The summed E-state index contributed by atoms with van der Waals surface area (Å²) in [6, 6.07) is 0. The number of rotatable bonds is 6. The molecule has 0 aliphatic heterocycles. The Hall–Kier alpha value is -0.790. The van der Waals surface area contributed by atoms with Crippen LogP contribution in [-0.2, 0) is 4.79 Å². The Kier molecular flexibility index (Phi) is 6.79. The van der Waals surface area contributed by atoms with E-state index in [0.717, 1.165) is 13.0 Å². The molecule has 2 nitrogen and oxygen atoms in total. The van der Waals surface area contributed by atoms with E-state index in [1.807, 2.05) is 0 Å². The van der Waals surface area contributed by atoms with E-state index in [9.17, 15) is 4.79 Å². The van der Waals surface area contributed by atoms with Gasteiger partial charge in [0.2, 0.25) is 5.91 Å². The number of hydrogen-bond donors (Lipinski definition) is 1. The minimum absolute atomic E-state index is 0.0453.